The fourth-order valence-corrected chi connectivity index (χ4v) is 7.00. The van der Waals surface area contributed by atoms with Crippen LogP contribution < -0.4 is 0 Å². The summed E-state index contributed by atoms with van der Waals surface area (Å²) in [5, 5.41) is 9.65. The van der Waals surface area contributed by atoms with E-state index < -0.39 is 0 Å². The molecule has 3 fully saturated rings. The van der Waals surface area contributed by atoms with Gasteiger partial charge in [0, 0.05) is 0 Å². The Morgan fingerprint density at radius 1 is 0.692 bits per heavy atom. The summed E-state index contributed by atoms with van der Waals surface area (Å²) >= 11 is 0. The monoisotopic (exact) mass is 357 g/mol. The molecule has 0 spiro atoms. The molecule has 1 heteroatoms. The van der Waals surface area contributed by atoms with Crippen molar-refractivity contribution in [1.82, 2.24) is 0 Å². The Bertz CT molecular complexity index is 437. The molecule has 26 heavy (non-hydrogen) atoms. The molecule has 0 saturated heterocycles. The molecule has 3 rings (SSSR count). The summed E-state index contributed by atoms with van der Waals surface area (Å²) < 4.78 is 0. The second kappa shape index (κ2) is 9.61. The van der Waals surface area contributed by atoms with Crippen LogP contribution in [0.5, 0.6) is 0 Å². The van der Waals surface area contributed by atoms with Crippen molar-refractivity contribution in [2.75, 3.05) is 0 Å². The molecular formula is C25H43N. The largest absolute Gasteiger partial charge is 0.198 e. The summed E-state index contributed by atoms with van der Waals surface area (Å²) in [4.78, 5) is 0. The molecule has 3 aliphatic carbocycles. The molecule has 0 heterocycles. The lowest BCUT2D eigenvalue weighted by molar-refractivity contribution is 0.0904. The van der Waals surface area contributed by atoms with Gasteiger partial charge < -0.3 is 0 Å². The Kier molecular flexibility index (Phi) is 7.48. The van der Waals surface area contributed by atoms with Crippen molar-refractivity contribution in [3.63, 3.8) is 0 Å². The van der Waals surface area contributed by atoms with Crippen LogP contribution >= 0.6 is 0 Å². The highest BCUT2D eigenvalue weighted by molar-refractivity contribution is 5.02. The van der Waals surface area contributed by atoms with E-state index in [1.54, 1.807) is 0 Å². The van der Waals surface area contributed by atoms with Crippen molar-refractivity contribution < 1.29 is 0 Å². The van der Waals surface area contributed by atoms with E-state index in [4.69, 9.17) is 0 Å². The second-order valence-corrected chi connectivity index (χ2v) is 10.2. The van der Waals surface area contributed by atoms with Crippen LogP contribution in [0.3, 0.4) is 0 Å². The molecule has 0 atom stereocenters. The number of nitrogens with zero attached hydrogens (tertiary/aromatic N) is 1. The Labute approximate surface area is 163 Å². The molecule has 0 amide bonds. The SMILES string of the molecule is CCC[C@H]1CC[C@H](C2CCC([C@H]3CC[C@@](C#N)(CCC)CC3)CC2)CC1. The molecule has 3 aliphatic rings. The minimum absolute atomic E-state index is 0.0412. The summed E-state index contributed by atoms with van der Waals surface area (Å²) in [5.74, 6) is 5.09. The van der Waals surface area contributed by atoms with Crippen LogP contribution in [0.4, 0.5) is 0 Å². The maximum atomic E-state index is 9.65. The molecule has 0 unspecified atom stereocenters. The second-order valence-electron chi connectivity index (χ2n) is 10.2. The lowest BCUT2D eigenvalue weighted by Crippen LogP contribution is -2.32. The van der Waals surface area contributed by atoms with Crippen LogP contribution in [-0.2, 0) is 0 Å². The van der Waals surface area contributed by atoms with Gasteiger partial charge in [-0.15, -0.1) is 0 Å². The van der Waals surface area contributed by atoms with Crippen LogP contribution in [-0.4, -0.2) is 0 Å². The molecule has 0 radical (unpaired) electrons. The maximum Gasteiger partial charge on any atom is 0.0689 e. The normalized spacial score (nSPS) is 41.5. The molecule has 148 valence electrons. The average Bonchev–Trinajstić information content (AvgIpc) is 2.70. The molecule has 0 N–H and O–H groups in total. The predicted octanol–water partition coefficient (Wildman–Crippen LogP) is 7.90. The molecule has 0 aromatic heterocycles. The zero-order valence-electron chi connectivity index (χ0n) is 17.6. The van der Waals surface area contributed by atoms with Gasteiger partial charge in [0.05, 0.1) is 11.5 Å². The van der Waals surface area contributed by atoms with Gasteiger partial charge in [0.1, 0.15) is 0 Å². The Morgan fingerprint density at radius 2 is 1.15 bits per heavy atom. The highest BCUT2D eigenvalue weighted by Gasteiger charge is 2.39. The van der Waals surface area contributed by atoms with Gasteiger partial charge in [0.15, 0.2) is 0 Å². The van der Waals surface area contributed by atoms with Crippen LogP contribution in [0.25, 0.3) is 0 Å². The Morgan fingerprint density at radius 3 is 1.58 bits per heavy atom. The van der Waals surface area contributed by atoms with Gasteiger partial charge in [0.2, 0.25) is 0 Å². The molecular weight excluding hydrogens is 314 g/mol. The van der Waals surface area contributed by atoms with E-state index in [0.29, 0.717) is 0 Å². The van der Waals surface area contributed by atoms with Gasteiger partial charge in [-0.1, -0.05) is 46.0 Å². The van der Waals surface area contributed by atoms with Crippen LogP contribution in [0.2, 0.25) is 0 Å². The first kappa shape index (κ1) is 20.2. The van der Waals surface area contributed by atoms with Gasteiger partial charge in [-0.2, -0.15) is 5.26 Å². The number of nitriles is 1. The maximum absolute atomic E-state index is 9.65. The standard InChI is InChI=1S/C25H43N/c1-3-5-20-6-8-21(9-7-20)22-10-12-23(13-11-22)24-14-17-25(19-26,16-4-2)18-15-24/h20-24H,3-18H2,1-2H3/t20-,21-,22?,23?,24-,25-. The predicted molar refractivity (Wildman–Crippen MR) is 111 cm³/mol. The zero-order valence-corrected chi connectivity index (χ0v) is 17.6. The summed E-state index contributed by atoms with van der Waals surface area (Å²) in [6, 6.07) is 2.70. The highest BCUT2D eigenvalue weighted by Crippen LogP contribution is 2.49. The third-order valence-corrected chi connectivity index (χ3v) is 8.69. The third kappa shape index (κ3) is 4.85. The Hall–Kier alpha value is -0.510. The smallest absolute Gasteiger partial charge is 0.0689 e. The van der Waals surface area contributed by atoms with Crippen LogP contribution in [0.1, 0.15) is 117 Å². The highest BCUT2D eigenvalue weighted by atomic mass is 14.4. The van der Waals surface area contributed by atoms with E-state index in [9.17, 15) is 5.26 Å². The zero-order chi connectivity index (χ0) is 18.4. The van der Waals surface area contributed by atoms with E-state index in [2.05, 4.69) is 19.9 Å². The van der Waals surface area contributed by atoms with E-state index in [1.165, 1.54) is 96.3 Å². The summed E-state index contributed by atoms with van der Waals surface area (Å²) in [6.45, 7) is 4.59. The van der Waals surface area contributed by atoms with Crippen molar-refractivity contribution in [2.24, 2.45) is 35.0 Å². The van der Waals surface area contributed by atoms with E-state index >= 15 is 0 Å². The van der Waals surface area contributed by atoms with Crippen molar-refractivity contribution >= 4 is 0 Å². The van der Waals surface area contributed by atoms with E-state index in [1.807, 2.05) is 0 Å². The van der Waals surface area contributed by atoms with Crippen LogP contribution in [0, 0.1) is 46.3 Å². The third-order valence-electron chi connectivity index (χ3n) is 8.69. The fraction of sp³-hybridized carbons (Fsp3) is 0.960. The molecule has 3 saturated carbocycles. The van der Waals surface area contributed by atoms with E-state index in [0.717, 1.165) is 36.0 Å². The first-order valence-corrected chi connectivity index (χ1v) is 12.1. The van der Waals surface area contributed by atoms with Gasteiger partial charge >= 0.3 is 0 Å². The summed E-state index contributed by atoms with van der Waals surface area (Å²) in [6.07, 6.45) is 22.3. The van der Waals surface area contributed by atoms with Crippen LogP contribution in [0.15, 0.2) is 0 Å². The molecule has 0 aromatic rings. The minimum Gasteiger partial charge on any atom is -0.198 e. The van der Waals surface area contributed by atoms with Crippen molar-refractivity contribution in [3.8, 4) is 6.07 Å². The molecule has 0 aromatic carbocycles. The van der Waals surface area contributed by atoms with Crippen molar-refractivity contribution in [2.45, 2.75) is 117 Å². The van der Waals surface area contributed by atoms with Crippen molar-refractivity contribution in [1.29, 1.82) is 5.26 Å². The number of rotatable bonds is 6. The molecule has 1 nitrogen and oxygen atoms in total. The quantitative estimate of drug-likeness (QED) is 0.474. The molecule has 0 bridgehead atoms. The first-order chi connectivity index (χ1) is 12.7. The molecule has 0 aliphatic heterocycles. The van der Waals surface area contributed by atoms with Gasteiger partial charge in [-0.25, -0.2) is 0 Å². The summed E-state index contributed by atoms with van der Waals surface area (Å²) in [7, 11) is 0. The number of hydrogen-bond acceptors (Lipinski definition) is 1. The lowest BCUT2D eigenvalue weighted by Gasteiger charge is -2.43. The van der Waals surface area contributed by atoms with Gasteiger partial charge in [0.25, 0.3) is 0 Å². The Balaban J connectivity index is 1.40. The summed E-state index contributed by atoms with van der Waals surface area (Å²) in [5.41, 5.74) is 0.0412. The average molecular weight is 358 g/mol. The minimum atomic E-state index is 0.0412. The number of hydrogen-bond donors (Lipinski definition) is 0. The lowest BCUT2D eigenvalue weighted by atomic mass is 9.62. The fourth-order valence-electron chi connectivity index (χ4n) is 7.00. The van der Waals surface area contributed by atoms with E-state index in [-0.39, 0.29) is 5.41 Å². The topological polar surface area (TPSA) is 23.8 Å². The van der Waals surface area contributed by atoms with Gasteiger partial charge in [-0.3, -0.25) is 0 Å². The van der Waals surface area contributed by atoms with Crippen molar-refractivity contribution in [3.05, 3.63) is 0 Å². The first-order valence-electron chi connectivity index (χ1n) is 12.1. The van der Waals surface area contributed by atoms with Gasteiger partial charge in [-0.05, 0) is 100 Å².